The molecule has 2 N–H and O–H groups in total. The smallest absolute Gasteiger partial charge is 0.313 e. The maximum absolute atomic E-state index is 12.8. The molecule has 1 fully saturated rings. The number of carbonyl (C=O) groups is 3. The topological polar surface area (TPSA) is 91.7 Å². The van der Waals surface area contributed by atoms with Crippen LogP contribution in [0.3, 0.4) is 0 Å². The summed E-state index contributed by atoms with van der Waals surface area (Å²) in [7, 11) is 0. The van der Waals surface area contributed by atoms with E-state index in [2.05, 4.69) is 10.6 Å². The van der Waals surface area contributed by atoms with Crippen molar-refractivity contribution >= 4 is 46.0 Å². The number of hydrogen-bond donors (Lipinski definition) is 2. The molecule has 8 heteroatoms. The SMILES string of the molecule is Cc1ccc(Cl)cc1NC(=O)C(=O)NCC1CCN(C(=O)c2cc3ccccc3o2)CC1. The number of likely N-dealkylation sites (tertiary alicyclic amines) is 1. The van der Waals surface area contributed by atoms with Crippen LogP contribution in [-0.2, 0) is 9.59 Å². The van der Waals surface area contributed by atoms with Gasteiger partial charge in [-0.3, -0.25) is 14.4 Å². The third-order valence-electron chi connectivity index (χ3n) is 5.74. The molecular formula is C24H24ClN3O4. The summed E-state index contributed by atoms with van der Waals surface area (Å²) in [4.78, 5) is 38.9. The zero-order valence-electron chi connectivity index (χ0n) is 17.7. The molecule has 1 aliphatic heterocycles. The van der Waals surface area contributed by atoms with E-state index >= 15 is 0 Å². The van der Waals surface area contributed by atoms with E-state index in [1.165, 1.54) is 0 Å². The summed E-state index contributed by atoms with van der Waals surface area (Å²) < 4.78 is 5.68. The van der Waals surface area contributed by atoms with E-state index in [0.29, 0.717) is 41.7 Å². The molecule has 7 nitrogen and oxygen atoms in total. The molecular weight excluding hydrogens is 430 g/mol. The summed E-state index contributed by atoms with van der Waals surface area (Å²) in [6, 6.07) is 14.4. The number of benzene rings is 2. The van der Waals surface area contributed by atoms with Crippen molar-refractivity contribution in [3.05, 3.63) is 64.9 Å². The summed E-state index contributed by atoms with van der Waals surface area (Å²) in [5, 5.41) is 6.67. The van der Waals surface area contributed by atoms with Gasteiger partial charge in [0.1, 0.15) is 5.58 Å². The molecule has 1 aliphatic rings. The van der Waals surface area contributed by atoms with Gasteiger partial charge in [-0.05, 0) is 55.5 Å². The first-order valence-electron chi connectivity index (χ1n) is 10.5. The van der Waals surface area contributed by atoms with Crippen LogP contribution in [0.5, 0.6) is 0 Å². The average Bonchev–Trinajstić information content (AvgIpc) is 3.24. The standard InChI is InChI=1S/C24H24ClN3O4/c1-15-6-7-18(25)13-19(15)27-23(30)22(29)26-14-16-8-10-28(11-9-16)24(31)21-12-17-4-2-3-5-20(17)32-21/h2-7,12-13,16H,8-11,14H2,1H3,(H,26,29)(H,27,30). The number of rotatable bonds is 4. The molecule has 0 radical (unpaired) electrons. The van der Waals surface area contributed by atoms with Crippen molar-refractivity contribution in [1.82, 2.24) is 10.2 Å². The molecule has 1 saturated heterocycles. The molecule has 4 rings (SSSR count). The van der Waals surface area contributed by atoms with Crippen molar-refractivity contribution < 1.29 is 18.8 Å². The lowest BCUT2D eigenvalue weighted by molar-refractivity contribution is -0.136. The number of aryl methyl sites for hydroxylation is 1. The van der Waals surface area contributed by atoms with Crippen LogP contribution in [-0.4, -0.2) is 42.3 Å². The Morgan fingerprint density at radius 1 is 1.06 bits per heavy atom. The Morgan fingerprint density at radius 2 is 1.81 bits per heavy atom. The van der Waals surface area contributed by atoms with E-state index in [0.717, 1.165) is 23.8 Å². The van der Waals surface area contributed by atoms with Gasteiger partial charge in [-0.15, -0.1) is 0 Å². The van der Waals surface area contributed by atoms with Gasteiger partial charge in [0.2, 0.25) is 0 Å². The summed E-state index contributed by atoms with van der Waals surface area (Å²) in [6.45, 7) is 3.35. The van der Waals surface area contributed by atoms with Crippen LogP contribution in [0, 0.1) is 12.8 Å². The molecule has 0 spiro atoms. The molecule has 0 saturated carbocycles. The zero-order chi connectivity index (χ0) is 22.7. The van der Waals surface area contributed by atoms with Crippen molar-refractivity contribution in [3.8, 4) is 0 Å². The third-order valence-corrected chi connectivity index (χ3v) is 5.98. The highest BCUT2D eigenvalue weighted by atomic mass is 35.5. The minimum Gasteiger partial charge on any atom is -0.451 e. The average molecular weight is 454 g/mol. The molecule has 32 heavy (non-hydrogen) atoms. The van der Waals surface area contributed by atoms with Gasteiger partial charge in [0.15, 0.2) is 5.76 Å². The van der Waals surface area contributed by atoms with Crippen LogP contribution in [0.2, 0.25) is 5.02 Å². The second-order valence-corrected chi connectivity index (χ2v) is 8.44. The number of carbonyl (C=O) groups excluding carboxylic acids is 3. The number of furan rings is 1. The molecule has 3 aromatic rings. The first-order valence-corrected chi connectivity index (χ1v) is 10.9. The number of halogens is 1. The summed E-state index contributed by atoms with van der Waals surface area (Å²) >= 11 is 5.95. The molecule has 0 atom stereocenters. The van der Waals surface area contributed by atoms with Crippen LogP contribution in [0.4, 0.5) is 5.69 Å². The molecule has 166 valence electrons. The van der Waals surface area contributed by atoms with Crippen molar-refractivity contribution in [3.63, 3.8) is 0 Å². The highest BCUT2D eigenvalue weighted by Crippen LogP contribution is 2.23. The first kappa shape index (κ1) is 21.9. The molecule has 2 aromatic carbocycles. The fraction of sp³-hybridized carbons (Fsp3) is 0.292. The second kappa shape index (κ2) is 9.44. The predicted octanol–water partition coefficient (Wildman–Crippen LogP) is 4.00. The molecule has 1 aromatic heterocycles. The highest BCUT2D eigenvalue weighted by Gasteiger charge is 2.26. The van der Waals surface area contributed by atoms with E-state index in [1.54, 1.807) is 29.2 Å². The van der Waals surface area contributed by atoms with E-state index < -0.39 is 11.8 Å². The van der Waals surface area contributed by atoms with Crippen LogP contribution < -0.4 is 10.6 Å². The van der Waals surface area contributed by atoms with Gasteiger partial charge in [0.05, 0.1) is 0 Å². The molecule has 0 aliphatic carbocycles. The number of amides is 3. The summed E-state index contributed by atoms with van der Waals surface area (Å²) in [5.41, 5.74) is 2.02. The fourth-order valence-electron chi connectivity index (χ4n) is 3.81. The minimum atomic E-state index is -0.729. The maximum atomic E-state index is 12.8. The Labute approximate surface area is 190 Å². The number of anilines is 1. The van der Waals surface area contributed by atoms with Crippen LogP contribution in [0.25, 0.3) is 11.0 Å². The quantitative estimate of drug-likeness (QED) is 0.584. The Kier molecular flexibility index (Phi) is 6.46. The maximum Gasteiger partial charge on any atom is 0.313 e. The third kappa shape index (κ3) is 4.94. The second-order valence-electron chi connectivity index (χ2n) is 8.01. The Morgan fingerprint density at radius 3 is 2.56 bits per heavy atom. The molecule has 0 bridgehead atoms. The molecule has 0 unspecified atom stereocenters. The lowest BCUT2D eigenvalue weighted by atomic mass is 9.96. The van der Waals surface area contributed by atoms with E-state index in [1.807, 2.05) is 31.2 Å². The predicted molar refractivity (Wildman–Crippen MR) is 123 cm³/mol. The van der Waals surface area contributed by atoms with Crippen LogP contribution in [0.1, 0.15) is 29.0 Å². The van der Waals surface area contributed by atoms with Gasteiger partial charge >= 0.3 is 11.8 Å². The Bertz CT molecular complexity index is 1130. The van der Waals surface area contributed by atoms with Crippen molar-refractivity contribution in [2.45, 2.75) is 19.8 Å². The van der Waals surface area contributed by atoms with Crippen molar-refractivity contribution in [2.24, 2.45) is 5.92 Å². The first-order chi connectivity index (χ1) is 15.4. The van der Waals surface area contributed by atoms with E-state index in [9.17, 15) is 14.4 Å². The van der Waals surface area contributed by atoms with E-state index in [-0.39, 0.29) is 11.8 Å². The van der Waals surface area contributed by atoms with Gasteiger partial charge in [-0.1, -0.05) is 35.9 Å². The van der Waals surface area contributed by atoms with Crippen molar-refractivity contribution in [1.29, 1.82) is 0 Å². The number of fused-ring (bicyclic) bond motifs is 1. The largest absolute Gasteiger partial charge is 0.451 e. The minimum absolute atomic E-state index is 0.125. The lowest BCUT2D eigenvalue weighted by Gasteiger charge is -2.31. The monoisotopic (exact) mass is 453 g/mol. The highest BCUT2D eigenvalue weighted by molar-refractivity contribution is 6.40. The normalized spacial score (nSPS) is 14.4. The lowest BCUT2D eigenvalue weighted by Crippen LogP contribution is -2.43. The summed E-state index contributed by atoms with van der Waals surface area (Å²) in [6.07, 6.45) is 1.47. The van der Waals surface area contributed by atoms with Gasteiger partial charge < -0.3 is 20.0 Å². The van der Waals surface area contributed by atoms with Gasteiger partial charge in [0.25, 0.3) is 5.91 Å². The van der Waals surface area contributed by atoms with Gasteiger partial charge in [-0.2, -0.15) is 0 Å². The number of nitrogens with one attached hydrogen (secondary N) is 2. The van der Waals surface area contributed by atoms with E-state index in [4.69, 9.17) is 16.0 Å². The van der Waals surface area contributed by atoms with Gasteiger partial charge in [0, 0.05) is 35.7 Å². The molecule has 2 heterocycles. The zero-order valence-corrected chi connectivity index (χ0v) is 18.4. The summed E-state index contributed by atoms with van der Waals surface area (Å²) in [5.74, 6) is -1.01. The van der Waals surface area contributed by atoms with Crippen molar-refractivity contribution in [2.75, 3.05) is 25.0 Å². The molecule has 3 amide bonds. The number of piperidine rings is 1. The number of hydrogen-bond acceptors (Lipinski definition) is 4. The number of nitrogens with zero attached hydrogens (tertiary/aromatic N) is 1. The van der Waals surface area contributed by atoms with Crippen LogP contribution in [0.15, 0.2) is 52.9 Å². The van der Waals surface area contributed by atoms with Gasteiger partial charge in [-0.25, -0.2) is 0 Å². The Balaban J connectivity index is 1.25. The fourth-order valence-corrected chi connectivity index (χ4v) is 3.98. The Hall–Kier alpha value is -3.32. The number of para-hydroxylation sites is 1. The van der Waals surface area contributed by atoms with Crippen LogP contribution >= 0.6 is 11.6 Å².